The summed E-state index contributed by atoms with van der Waals surface area (Å²) in [5, 5.41) is 8.01. The zero-order chi connectivity index (χ0) is 25.2. The largest absolute Gasteiger partial charge is 0.344 e. The third-order valence-corrected chi connectivity index (χ3v) is 6.92. The van der Waals surface area contributed by atoms with Crippen molar-refractivity contribution in [3.63, 3.8) is 0 Å². The highest BCUT2D eigenvalue weighted by Gasteiger charge is 2.36. The standard InChI is InChI=1S/C22H42N3O6P/c1-13(2)11-17(27)23-19(15(5)6)22(29)25-20(16(7)8)21(28)24-18(12-14(3)4)32(30,31)10-9-26/h9,13-16,18-20H,10-12H2,1-8H3,(H,23,27)(H,24,28)(H,25,29)(H,30,31)/t18-,19+,20+/m1/s1. The van der Waals surface area contributed by atoms with Gasteiger partial charge in [0.05, 0.1) is 6.16 Å². The molecule has 1 unspecified atom stereocenters. The number of rotatable bonds is 14. The third-order valence-electron chi connectivity index (χ3n) is 4.93. The van der Waals surface area contributed by atoms with Crippen LogP contribution in [0.2, 0.25) is 0 Å². The van der Waals surface area contributed by atoms with Crippen LogP contribution in [0.1, 0.15) is 68.2 Å². The Morgan fingerprint density at radius 2 is 1.28 bits per heavy atom. The van der Waals surface area contributed by atoms with Gasteiger partial charge >= 0.3 is 0 Å². The Balaban J connectivity index is 5.54. The Kier molecular flexibility index (Phi) is 13.0. The van der Waals surface area contributed by atoms with Gasteiger partial charge < -0.3 is 25.6 Å². The second-order valence-electron chi connectivity index (χ2n) is 9.88. The first kappa shape index (κ1) is 30.3. The van der Waals surface area contributed by atoms with Gasteiger partial charge in [-0.2, -0.15) is 0 Å². The number of carbonyl (C=O) groups excluding carboxylic acids is 4. The Bertz CT molecular complexity index is 693. The molecule has 0 aliphatic heterocycles. The van der Waals surface area contributed by atoms with Crippen molar-refractivity contribution in [2.45, 2.75) is 86.1 Å². The highest BCUT2D eigenvalue weighted by Crippen LogP contribution is 2.46. The van der Waals surface area contributed by atoms with Gasteiger partial charge in [0.2, 0.25) is 25.1 Å². The Hall–Kier alpha value is -1.73. The summed E-state index contributed by atoms with van der Waals surface area (Å²) in [4.78, 5) is 59.2. The van der Waals surface area contributed by atoms with Crippen molar-refractivity contribution < 1.29 is 28.6 Å². The number of amides is 3. The van der Waals surface area contributed by atoms with Gasteiger partial charge in [0.15, 0.2) is 0 Å². The summed E-state index contributed by atoms with van der Waals surface area (Å²) in [5.41, 5.74) is 0. The van der Waals surface area contributed by atoms with Crippen LogP contribution in [0, 0.1) is 23.7 Å². The Morgan fingerprint density at radius 1 is 0.812 bits per heavy atom. The summed E-state index contributed by atoms with van der Waals surface area (Å²) in [6.07, 6.45) is 0.311. The van der Waals surface area contributed by atoms with E-state index in [1.54, 1.807) is 27.7 Å². The number of hydrogen-bond acceptors (Lipinski definition) is 5. The van der Waals surface area contributed by atoms with Gasteiger partial charge in [-0.05, 0) is 30.1 Å². The van der Waals surface area contributed by atoms with Crippen molar-refractivity contribution >= 4 is 31.4 Å². The van der Waals surface area contributed by atoms with Gasteiger partial charge in [-0.25, -0.2) is 0 Å². The molecular formula is C22H42N3O6P. The van der Waals surface area contributed by atoms with E-state index in [0.717, 1.165) is 0 Å². The van der Waals surface area contributed by atoms with Gasteiger partial charge in [-0.3, -0.25) is 18.9 Å². The lowest BCUT2D eigenvalue weighted by Crippen LogP contribution is -2.57. The molecule has 0 aromatic heterocycles. The summed E-state index contributed by atoms with van der Waals surface area (Å²) < 4.78 is 12.6. The van der Waals surface area contributed by atoms with Crippen LogP contribution in [-0.2, 0) is 23.7 Å². The lowest BCUT2D eigenvalue weighted by Gasteiger charge is -2.30. The van der Waals surface area contributed by atoms with Crippen molar-refractivity contribution in [2.75, 3.05) is 6.16 Å². The first-order valence-corrected chi connectivity index (χ1v) is 13.2. The van der Waals surface area contributed by atoms with E-state index in [1.165, 1.54) is 0 Å². The monoisotopic (exact) mass is 475 g/mol. The number of aldehydes is 1. The molecule has 9 nitrogen and oxygen atoms in total. The van der Waals surface area contributed by atoms with E-state index in [-0.39, 0.29) is 42.4 Å². The van der Waals surface area contributed by atoms with Gasteiger partial charge in [0.1, 0.15) is 24.2 Å². The Morgan fingerprint density at radius 3 is 1.69 bits per heavy atom. The molecule has 4 N–H and O–H groups in total. The van der Waals surface area contributed by atoms with Crippen molar-refractivity contribution in [1.29, 1.82) is 0 Å². The first-order chi connectivity index (χ1) is 14.6. The summed E-state index contributed by atoms with van der Waals surface area (Å²) >= 11 is 0. The van der Waals surface area contributed by atoms with Crippen LogP contribution < -0.4 is 16.0 Å². The van der Waals surface area contributed by atoms with Crippen LogP contribution in [0.4, 0.5) is 0 Å². The molecule has 0 saturated heterocycles. The molecular weight excluding hydrogens is 433 g/mol. The normalized spacial score (nSPS) is 16.4. The summed E-state index contributed by atoms with van der Waals surface area (Å²) in [5.74, 6) is -2.82. The molecule has 0 aromatic rings. The van der Waals surface area contributed by atoms with Crippen molar-refractivity contribution in [3.05, 3.63) is 0 Å². The van der Waals surface area contributed by atoms with Crippen molar-refractivity contribution in [3.8, 4) is 0 Å². The van der Waals surface area contributed by atoms with E-state index in [2.05, 4.69) is 16.0 Å². The van der Waals surface area contributed by atoms with Crippen LogP contribution in [0.3, 0.4) is 0 Å². The van der Waals surface area contributed by atoms with Crippen LogP contribution in [0.15, 0.2) is 0 Å². The molecule has 10 heteroatoms. The number of carbonyl (C=O) groups is 4. The molecule has 0 bridgehead atoms. The molecule has 0 spiro atoms. The first-order valence-electron chi connectivity index (χ1n) is 11.3. The maximum absolute atomic E-state index is 13.0. The van der Waals surface area contributed by atoms with Crippen molar-refractivity contribution in [2.24, 2.45) is 23.7 Å². The van der Waals surface area contributed by atoms with Crippen LogP contribution in [0.5, 0.6) is 0 Å². The molecule has 0 fully saturated rings. The van der Waals surface area contributed by atoms with Crippen LogP contribution >= 0.6 is 7.37 Å². The molecule has 0 heterocycles. The molecule has 0 radical (unpaired) electrons. The number of hydrogen-bond donors (Lipinski definition) is 4. The third kappa shape index (κ3) is 10.7. The molecule has 186 valence electrons. The fourth-order valence-electron chi connectivity index (χ4n) is 3.18. The Labute approximate surface area is 192 Å². The fraction of sp³-hybridized carbons (Fsp3) is 0.818. The SMILES string of the molecule is CC(C)CC(=O)N[C@H](C(=O)N[C@H](C(=O)N[C@@H](CC(C)C)P(=O)(O)CC=O)C(C)C)C(C)C. The van der Waals surface area contributed by atoms with E-state index in [0.29, 0.717) is 6.29 Å². The van der Waals surface area contributed by atoms with E-state index in [4.69, 9.17) is 0 Å². The lowest BCUT2D eigenvalue weighted by atomic mass is 9.99. The average Bonchev–Trinajstić information content (AvgIpc) is 2.61. The van der Waals surface area contributed by atoms with E-state index >= 15 is 0 Å². The lowest BCUT2D eigenvalue weighted by molar-refractivity contribution is -0.134. The summed E-state index contributed by atoms with van der Waals surface area (Å²) in [6.45, 7) is 14.6. The molecule has 0 aliphatic carbocycles. The van der Waals surface area contributed by atoms with E-state index < -0.39 is 43.2 Å². The predicted octanol–water partition coefficient (Wildman–Crippen LogP) is 2.27. The van der Waals surface area contributed by atoms with Gasteiger partial charge in [0, 0.05) is 6.42 Å². The maximum Gasteiger partial charge on any atom is 0.243 e. The molecule has 32 heavy (non-hydrogen) atoms. The topological polar surface area (TPSA) is 142 Å². The van der Waals surface area contributed by atoms with E-state index in [1.807, 2.05) is 27.7 Å². The zero-order valence-electron chi connectivity index (χ0n) is 20.7. The smallest absolute Gasteiger partial charge is 0.243 e. The molecule has 0 aliphatic rings. The summed E-state index contributed by atoms with van der Waals surface area (Å²) in [6, 6.07) is -1.79. The molecule has 0 aromatic carbocycles. The maximum atomic E-state index is 13.0. The van der Waals surface area contributed by atoms with Crippen molar-refractivity contribution in [1.82, 2.24) is 16.0 Å². The van der Waals surface area contributed by atoms with Gasteiger partial charge in [-0.15, -0.1) is 0 Å². The number of nitrogens with one attached hydrogen (secondary N) is 3. The van der Waals surface area contributed by atoms with Crippen LogP contribution in [-0.4, -0.2) is 52.9 Å². The minimum Gasteiger partial charge on any atom is -0.344 e. The quantitative estimate of drug-likeness (QED) is 0.224. The summed E-state index contributed by atoms with van der Waals surface area (Å²) in [7, 11) is -3.95. The molecule has 0 saturated carbocycles. The highest BCUT2D eigenvalue weighted by atomic mass is 31.2. The molecule has 4 atom stereocenters. The van der Waals surface area contributed by atoms with Crippen LogP contribution in [0.25, 0.3) is 0 Å². The highest BCUT2D eigenvalue weighted by molar-refractivity contribution is 7.59. The van der Waals surface area contributed by atoms with Gasteiger partial charge in [-0.1, -0.05) is 55.4 Å². The predicted molar refractivity (Wildman–Crippen MR) is 125 cm³/mol. The minimum absolute atomic E-state index is 0.000934. The van der Waals surface area contributed by atoms with E-state index in [9.17, 15) is 28.6 Å². The van der Waals surface area contributed by atoms with Gasteiger partial charge in [0.25, 0.3) is 0 Å². The second kappa shape index (κ2) is 13.7. The molecule has 3 amide bonds. The fourth-order valence-corrected chi connectivity index (χ4v) is 4.72. The minimum atomic E-state index is -3.95. The average molecular weight is 476 g/mol. The molecule has 0 rings (SSSR count). The second-order valence-corrected chi connectivity index (χ2v) is 12.4. The zero-order valence-corrected chi connectivity index (χ0v) is 21.6.